The second-order valence-electron chi connectivity index (χ2n) is 6.31. The van der Waals surface area contributed by atoms with E-state index in [1.807, 2.05) is 42.2 Å². The molecule has 25 heavy (non-hydrogen) atoms. The lowest BCUT2D eigenvalue weighted by Gasteiger charge is -2.20. The van der Waals surface area contributed by atoms with Gasteiger partial charge < -0.3 is 13.8 Å². The number of aryl methyl sites for hydroxylation is 1. The molecule has 4 rings (SSSR count). The topological polar surface area (TPSA) is 75.6 Å². The van der Waals surface area contributed by atoms with E-state index in [0.29, 0.717) is 30.6 Å². The van der Waals surface area contributed by atoms with Gasteiger partial charge in [0.25, 0.3) is 5.91 Å². The molecule has 130 valence electrons. The lowest BCUT2D eigenvalue weighted by molar-refractivity contribution is 0.0731. The van der Waals surface area contributed by atoms with E-state index in [9.17, 15) is 4.79 Å². The Morgan fingerprint density at radius 2 is 2.08 bits per heavy atom. The number of nitrogens with zero attached hydrogens (tertiary/aromatic N) is 4. The average Bonchev–Trinajstić information content (AvgIpc) is 3.15. The predicted octanol–water partition coefficient (Wildman–Crippen LogP) is 2.47. The molecule has 0 N–H and O–H groups in total. The quantitative estimate of drug-likeness (QED) is 0.729. The molecule has 0 atom stereocenters. The fourth-order valence-electron chi connectivity index (χ4n) is 3.17. The first-order valence-corrected chi connectivity index (χ1v) is 8.48. The van der Waals surface area contributed by atoms with Crippen LogP contribution in [0.15, 0.2) is 39.3 Å². The fraction of sp³-hybridized carbons (Fsp3) is 0.389. The Kier molecular flexibility index (Phi) is 4.23. The van der Waals surface area contributed by atoms with E-state index in [2.05, 4.69) is 15.0 Å². The molecule has 3 heterocycles. The number of rotatable bonds is 3. The summed E-state index contributed by atoms with van der Waals surface area (Å²) in [5, 5.41) is 4.77. The molecule has 1 amide bonds. The van der Waals surface area contributed by atoms with Crippen molar-refractivity contribution in [2.75, 3.05) is 26.2 Å². The lowest BCUT2D eigenvalue weighted by atomic mass is 10.2. The highest BCUT2D eigenvalue weighted by atomic mass is 16.5. The maximum absolute atomic E-state index is 12.8. The molecule has 0 spiro atoms. The van der Waals surface area contributed by atoms with Crippen LogP contribution in [-0.4, -0.2) is 52.0 Å². The van der Waals surface area contributed by atoms with Gasteiger partial charge in [-0.2, -0.15) is 4.98 Å². The molecule has 0 aliphatic carbocycles. The van der Waals surface area contributed by atoms with Crippen molar-refractivity contribution >= 4 is 16.9 Å². The molecule has 0 unspecified atom stereocenters. The second kappa shape index (κ2) is 6.68. The summed E-state index contributed by atoms with van der Waals surface area (Å²) in [7, 11) is 0. The molecule has 1 saturated heterocycles. The third kappa shape index (κ3) is 3.41. The summed E-state index contributed by atoms with van der Waals surface area (Å²) < 4.78 is 10.9. The Hall–Kier alpha value is -2.67. The fourth-order valence-corrected chi connectivity index (χ4v) is 3.17. The van der Waals surface area contributed by atoms with E-state index >= 15 is 0 Å². The first-order valence-electron chi connectivity index (χ1n) is 8.48. The average molecular weight is 340 g/mol. The lowest BCUT2D eigenvalue weighted by Crippen LogP contribution is -2.34. The van der Waals surface area contributed by atoms with Crippen LogP contribution in [0.5, 0.6) is 0 Å². The highest BCUT2D eigenvalue weighted by molar-refractivity contribution is 5.96. The molecule has 1 fully saturated rings. The van der Waals surface area contributed by atoms with Gasteiger partial charge in [-0.25, -0.2) is 0 Å². The van der Waals surface area contributed by atoms with E-state index < -0.39 is 0 Å². The van der Waals surface area contributed by atoms with Crippen molar-refractivity contribution in [2.45, 2.75) is 19.9 Å². The SMILES string of the molecule is Cc1noc(CN2CCCN(C(=O)c3cc4ccccc4o3)CC2)n1. The molecule has 0 saturated carbocycles. The molecule has 1 aliphatic rings. The molecule has 1 aliphatic heterocycles. The van der Waals surface area contributed by atoms with Crippen LogP contribution in [0.2, 0.25) is 0 Å². The Bertz CT molecular complexity index is 852. The molecular weight excluding hydrogens is 320 g/mol. The second-order valence-corrected chi connectivity index (χ2v) is 6.31. The van der Waals surface area contributed by atoms with Gasteiger partial charge in [0.15, 0.2) is 11.6 Å². The van der Waals surface area contributed by atoms with Gasteiger partial charge in [-0.05, 0) is 25.5 Å². The number of carbonyl (C=O) groups excluding carboxylic acids is 1. The molecule has 7 nitrogen and oxygen atoms in total. The van der Waals surface area contributed by atoms with E-state index in [1.54, 1.807) is 0 Å². The third-order valence-electron chi connectivity index (χ3n) is 4.44. The van der Waals surface area contributed by atoms with Gasteiger partial charge in [0.05, 0.1) is 6.54 Å². The molecule has 7 heteroatoms. The number of hydrogen-bond acceptors (Lipinski definition) is 6. The van der Waals surface area contributed by atoms with Gasteiger partial charge in [-0.15, -0.1) is 0 Å². The van der Waals surface area contributed by atoms with Crippen molar-refractivity contribution in [1.29, 1.82) is 0 Å². The van der Waals surface area contributed by atoms with Gasteiger partial charge in [-0.3, -0.25) is 9.69 Å². The number of benzene rings is 1. The third-order valence-corrected chi connectivity index (χ3v) is 4.44. The van der Waals surface area contributed by atoms with Gasteiger partial charge >= 0.3 is 0 Å². The molecule has 1 aromatic carbocycles. The molecule has 3 aromatic rings. The number of aromatic nitrogens is 2. The molecular formula is C18H20N4O3. The van der Waals surface area contributed by atoms with Crippen molar-refractivity contribution in [3.05, 3.63) is 47.8 Å². The Morgan fingerprint density at radius 3 is 2.88 bits per heavy atom. The van der Waals surface area contributed by atoms with Crippen LogP contribution >= 0.6 is 0 Å². The zero-order valence-electron chi connectivity index (χ0n) is 14.1. The summed E-state index contributed by atoms with van der Waals surface area (Å²) in [4.78, 5) is 21.1. The Morgan fingerprint density at radius 1 is 1.20 bits per heavy atom. The monoisotopic (exact) mass is 340 g/mol. The summed E-state index contributed by atoms with van der Waals surface area (Å²) in [5.41, 5.74) is 0.745. The number of para-hydroxylation sites is 1. The van der Waals surface area contributed by atoms with Crippen LogP contribution < -0.4 is 0 Å². The zero-order valence-corrected chi connectivity index (χ0v) is 14.1. The van der Waals surface area contributed by atoms with E-state index in [1.165, 1.54) is 0 Å². The summed E-state index contributed by atoms with van der Waals surface area (Å²) in [5.74, 6) is 1.62. The van der Waals surface area contributed by atoms with E-state index in [0.717, 1.165) is 37.0 Å². The number of carbonyl (C=O) groups is 1. The summed E-state index contributed by atoms with van der Waals surface area (Å²) in [6.07, 6.45) is 0.902. The standard InChI is InChI=1S/C18H20N4O3/c1-13-19-17(25-20-13)12-21-7-4-8-22(10-9-21)18(23)16-11-14-5-2-3-6-15(14)24-16/h2-3,5-6,11H,4,7-10,12H2,1H3. The van der Waals surface area contributed by atoms with Crippen molar-refractivity contribution in [2.24, 2.45) is 0 Å². The number of fused-ring (bicyclic) bond motifs is 1. The van der Waals surface area contributed by atoms with Gasteiger partial charge in [0.1, 0.15) is 5.58 Å². The van der Waals surface area contributed by atoms with E-state index in [4.69, 9.17) is 8.94 Å². The van der Waals surface area contributed by atoms with Crippen LogP contribution in [0.1, 0.15) is 28.7 Å². The largest absolute Gasteiger partial charge is 0.451 e. The number of furan rings is 1. The van der Waals surface area contributed by atoms with Crippen molar-refractivity contribution in [3.8, 4) is 0 Å². The van der Waals surface area contributed by atoms with Crippen molar-refractivity contribution < 1.29 is 13.7 Å². The van der Waals surface area contributed by atoms with Crippen LogP contribution in [0, 0.1) is 6.92 Å². The summed E-state index contributed by atoms with van der Waals surface area (Å²) >= 11 is 0. The first kappa shape index (κ1) is 15.8. The Balaban J connectivity index is 1.42. The van der Waals surface area contributed by atoms with Crippen LogP contribution in [0.3, 0.4) is 0 Å². The highest BCUT2D eigenvalue weighted by Gasteiger charge is 2.23. The first-order chi connectivity index (χ1) is 12.2. The maximum Gasteiger partial charge on any atom is 0.289 e. The maximum atomic E-state index is 12.8. The summed E-state index contributed by atoms with van der Waals surface area (Å²) in [6, 6.07) is 9.49. The van der Waals surface area contributed by atoms with Crippen molar-refractivity contribution in [3.63, 3.8) is 0 Å². The number of hydrogen-bond donors (Lipinski definition) is 0. The zero-order chi connectivity index (χ0) is 17.2. The molecule has 0 bridgehead atoms. The number of amides is 1. The van der Waals surface area contributed by atoms with Gasteiger partial charge in [-0.1, -0.05) is 23.4 Å². The summed E-state index contributed by atoms with van der Waals surface area (Å²) in [6.45, 7) is 5.47. The highest BCUT2D eigenvalue weighted by Crippen LogP contribution is 2.20. The normalized spacial score (nSPS) is 16.3. The smallest absolute Gasteiger partial charge is 0.289 e. The molecule has 2 aromatic heterocycles. The van der Waals surface area contributed by atoms with Gasteiger partial charge in [0, 0.05) is 31.6 Å². The minimum atomic E-state index is -0.0494. The van der Waals surface area contributed by atoms with Crippen LogP contribution in [0.4, 0.5) is 0 Å². The minimum Gasteiger partial charge on any atom is -0.451 e. The van der Waals surface area contributed by atoms with Crippen molar-refractivity contribution in [1.82, 2.24) is 19.9 Å². The minimum absolute atomic E-state index is 0.0494. The van der Waals surface area contributed by atoms with E-state index in [-0.39, 0.29) is 5.91 Å². The van der Waals surface area contributed by atoms with Gasteiger partial charge in [0.2, 0.25) is 5.89 Å². The Labute approximate surface area is 145 Å². The molecule has 0 radical (unpaired) electrons. The van der Waals surface area contributed by atoms with Crippen LogP contribution in [-0.2, 0) is 6.54 Å². The predicted molar refractivity (Wildman–Crippen MR) is 91.0 cm³/mol. The van der Waals surface area contributed by atoms with Crippen LogP contribution in [0.25, 0.3) is 11.0 Å².